The second-order valence-electron chi connectivity index (χ2n) is 2.16. The van der Waals surface area contributed by atoms with Gasteiger partial charge < -0.3 is 5.73 Å². The molecule has 0 saturated carbocycles. The van der Waals surface area contributed by atoms with Crippen molar-refractivity contribution in [2.75, 3.05) is 0 Å². The van der Waals surface area contributed by atoms with Crippen LogP contribution >= 0.6 is 0 Å². The van der Waals surface area contributed by atoms with Crippen LogP contribution in [0.4, 0.5) is 5.69 Å². The van der Waals surface area contributed by atoms with E-state index >= 15 is 0 Å². The molecule has 0 unspecified atom stereocenters. The Bertz CT molecular complexity index is 220. The van der Waals surface area contributed by atoms with Crippen LogP contribution in [-0.4, -0.2) is 0 Å². The van der Waals surface area contributed by atoms with Crippen LogP contribution in [0.5, 0.6) is 0 Å². The molecule has 0 aliphatic carbocycles. The average Bonchev–Trinajstić information content (AvgIpc) is 1.80. The maximum atomic E-state index is 7.30. The van der Waals surface area contributed by atoms with E-state index in [0.29, 0.717) is 5.69 Å². The van der Waals surface area contributed by atoms with Gasteiger partial charge in [0.25, 0.3) is 0 Å². The van der Waals surface area contributed by atoms with Gasteiger partial charge in [-0.2, -0.15) is 6.07 Å². The van der Waals surface area contributed by atoms with E-state index in [4.69, 9.17) is 5.73 Å². The molecule has 0 aromatic heterocycles. The SMILES string of the molecule is [CH2-]c1ccc(C)cc1[NH-].[Y]. The van der Waals surface area contributed by atoms with Gasteiger partial charge in [-0.25, -0.2) is 12.5 Å². The minimum Gasteiger partial charge on any atom is -0.756 e. The van der Waals surface area contributed by atoms with Gasteiger partial charge in [0.15, 0.2) is 0 Å². The molecule has 0 fully saturated rings. The first-order valence-corrected chi connectivity index (χ1v) is 2.84. The Morgan fingerprint density at radius 2 is 2.00 bits per heavy atom. The molecule has 0 aliphatic rings. The largest absolute Gasteiger partial charge is 0.756 e. The van der Waals surface area contributed by atoms with E-state index in [2.05, 4.69) is 6.92 Å². The zero-order valence-electron chi connectivity index (χ0n) is 6.02. The van der Waals surface area contributed by atoms with Crippen LogP contribution < -0.4 is 0 Å². The Hall–Kier alpha value is -0.00610. The summed E-state index contributed by atoms with van der Waals surface area (Å²) in [5.41, 5.74) is 9.73. The minimum atomic E-state index is 0. The van der Waals surface area contributed by atoms with Crippen LogP contribution in [-0.2, 0) is 32.7 Å². The van der Waals surface area contributed by atoms with Crippen LogP contribution in [0.15, 0.2) is 18.2 Å². The molecule has 1 nitrogen and oxygen atoms in total. The molecule has 0 amide bonds. The van der Waals surface area contributed by atoms with Crippen molar-refractivity contribution in [3.05, 3.63) is 42.0 Å². The Labute approximate surface area is 86.9 Å². The zero-order valence-corrected chi connectivity index (χ0v) is 8.85. The topological polar surface area (TPSA) is 23.8 Å². The van der Waals surface area contributed by atoms with E-state index in [1.165, 1.54) is 0 Å². The Balaban J connectivity index is 0.000000810. The van der Waals surface area contributed by atoms with Crippen molar-refractivity contribution in [3.63, 3.8) is 0 Å². The van der Waals surface area contributed by atoms with Crippen molar-refractivity contribution in [2.24, 2.45) is 0 Å². The van der Waals surface area contributed by atoms with E-state index < -0.39 is 0 Å². The molecular formula is C8H9NY-2. The molecule has 0 saturated heterocycles. The van der Waals surface area contributed by atoms with Gasteiger partial charge in [0.2, 0.25) is 0 Å². The van der Waals surface area contributed by atoms with E-state index in [0.717, 1.165) is 11.1 Å². The molecule has 0 aliphatic heterocycles. The van der Waals surface area contributed by atoms with E-state index in [1.807, 2.05) is 25.1 Å². The summed E-state index contributed by atoms with van der Waals surface area (Å²) < 4.78 is 0. The van der Waals surface area contributed by atoms with Crippen molar-refractivity contribution in [1.82, 2.24) is 0 Å². The Kier molecular flexibility index (Phi) is 3.99. The standard InChI is InChI=1S/C8H9N.Y/c1-6-3-4-7(2)8(9)5-6;/h3-5,9H,2H2,1H3;/q-2;. The first kappa shape index (κ1) is 9.99. The molecule has 0 heterocycles. The number of benzene rings is 1. The predicted octanol–water partition coefficient (Wildman–Crippen LogP) is 2.86. The van der Waals surface area contributed by atoms with Gasteiger partial charge in [-0.15, -0.1) is 12.1 Å². The molecule has 1 N–H and O–H groups in total. The molecule has 1 aromatic carbocycles. The van der Waals surface area contributed by atoms with Gasteiger partial charge in [-0.1, -0.05) is 5.56 Å². The van der Waals surface area contributed by atoms with Gasteiger partial charge >= 0.3 is 0 Å². The molecule has 10 heavy (non-hydrogen) atoms. The summed E-state index contributed by atoms with van der Waals surface area (Å²) in [7, 11) is 0. The summed E-state index contributed by atoms with van der Waals surface area (Å²) in [4.78, 5) is 0. The predicted molar refractivity (Wildman–Crippen MR) is 39.6 cm³/mol. The van der Waals surface area contributed by atoms with Crippen LogP contribution in [0.1, 0.15) is 11.1 Å². The smallest absolute Gasteiger partial charge is 0 e. The van der Waals surface area contributed by atoms with Crippen LogP contribution in [0.2, 0.25) is 0 Å². The van der Waals surface area contributed by atoms with Gasteiger partial charge in [-0.3, -0.25) is 5.69 Å². The fraction of sp³-hybridized carbons (Fsp3) is 0.125. The number of rotatable bonds is 0. The third kappa shape index (κ3) is 2.32. The van der Waals surface area contributed by atoms with Crippen molar-refractivity contribution < 1.29 is 32.7 Å². The second-order valence-corrected chi connectivity index (χ2v) is 2.16. The summed E-state index contributed by atoms with van der Waals surface area (Å²) in [6.07, 6.45) is 0. The molecule has 1 rings (SSSR count). The third-order valence-corrected chi connectivity index (χ3v) is 1.27. The Morgan fingerprint density at radius 3 is 2.40 bits per heavy atom. The van der Waals surface area contributed by atoms with Gasteiger partial charge in [0, 0.05) is 32.7 Å². The zero-order chi connectivity index (χ0) is 6.85. The first-order chi connectivity index (χ1) is 4.20. The van der Waals surface area contributed by atoms with E-state index in [-0.39, 0.29) is 32.7 Å². The minimum absolute atomic E-state index is 0. The summed E-state index contributed by atoms with van der Waals surface area (Å²) in [6.45, 7) is 5.64. The van der Waals surface area contributed by atoms with E-state index in [9.17, 15) is 0 Å². The molecule has 0 spiro atoms. The van der Waals surface area contributed by atoms with Crippen LogP contribution in [0.25, 0.3) is 5.73 Å². The monoisotopic (exact) mass is 208 g/mol. The van der Waals surface area contributed by atoms with Crippen molar-refractivity contribution in [3.8, 4) is 0 Å². The quantitative estimate of drug-likeness (QED) is 0.585. The summed E-state index contributed by atoms with van der Waals surface area (Å²) in [6, 6.07) is 5.63. The molecule has 1 aromatic rings. The average molecular weight is 208 g/mol. The molecule has 51 valence electrons. The van der Waals surface area contributed by atoms with Crippen LogP contribution in [0, 0.1) is 13.8 Å². The number of aryl methyl sites for hydroxylation is 1. The van der Waals surface area contributed by atoms with Crippen LogP contribution in [0.3, 0.4) is 0 Å². The van der Waals surface area contributed by atoms with Gasteiger partial charge in [-0.05, 0) is 6.92 Å². The molecule has 0 bridgehead atoms. The Morgan fingerprint density at radius 1 is 1.40 bits per heavy atom. The normalized spacial score (nSPS) is 8.50. The molecule has 2 heteroatoms. The van der Waals surface area contributed by atoms with Crippen molar-refractivity contribution in [1.29, 1.82) is 0 Å². The molecule has 0 atom stereocenters. The maximum Gasteiger partial charge on any atom is 0 e. The summed E-state index contributed by atoms with van der Waals surface area (Å²) in [5, 5.41) is 0. The molecular weight excluding hydrogens is 199 g/mol. The summed E-state index contributed by atoms with van der Waals surface area (Å²) in [5.74, 6) is 0. The van der Waals surface area contributed by atoms with Crippen molar-refractivity contribution >= 4 is 5.69 Å². The fourth-order valence-electron chi connectivity index (χ4n) is 0.690. The maximum absolute atomic E-state index is 7.30. The van der Waals surface area contributed by atoms with Gasteiger partial charge in [0.1, 0.15) is 0 Å². The first-order valence-electron chi connectivity index (χ1n) is 2.84. The third-order valence-electron chi connectivity index (χ3n) is 1.27. The number of hydrogen-bond donors (Lipinski definition) is 0. The number of nitrogens with one attached hydrogen (secondary N) is 1. The second kappa shape index (κ2) is 4.00. The number of hydrogen-bond acceptors (Lipinski definition) is 0. The van der Waals surface area contributed by atoms with E-state index in [1.54, 1.807) is 0 Å². The molecule has 1 radical (unpaired) electrons. The van der Waals surface area contributed by atoms with Gasteiger partial charge in [0.05, 0.1) is 0 Å². The van der Waals surface area contributed by atoms with Crippen molar-refractivity contribution in [2.45, 2.75) is 6.92 Å². The summed E-state index contributed by atoms with van der Waals surface area (Å²) >= 11 is 0. The fourth-order valence-corrected chi connectivity index (χ4v) is 0.690.